The third-order valence-electron chi connectivity index (χ3n) is 2.35. The van der Waals surface area contributed by atoms with Crippen LogP contribution in [0.4, 0.5) is 0 Å². The summed E-state index contributed by atoms with van der Waals surface area (Å²) >= 11 is 3.94. The maximum atomic E-state index is 2.71. The Morgan fingerprint density at radius 1 is 0.941 bits per heavy atom. The summed E-state index contributed by atoms with van der Waals surface area (Å²) in [4.78, 5) is 4.53. The first-order valence-corrected chi connectivity index (χ1v) is 26.7. The summed E-state index contributed by atoms with van der Waals surface area (Å²) in [6, 6.07) is 6.81. The average Bonchev–Trinajstić information content (AvgIpc) is 2.14. The van der Waals surface area contributed by atoms with Crippen LogP contribution in [0.3, 0.4) is 0 Å². The molecule has 0 bridgehead atoms. The minimum atomic E-state index is -1.47. The topological polar surface area (TPSA) is 6.48 Å². The number of hydrogen-bond acceptors (Lipinski definition) is 2. The zero-order chi connectivity index (χ0) is 13.0. The molecule has 17 heavy (non-hydrogen) atoms. The van der Waals surface area contributed by atoms with Gasteiger partial charge in [0.05, 0.1) is 0 Å². The Morgan fingerprint density at radius 2 is 1.35 bits per heavy atom. The van der Waals surface area contributed by atoms with Gasteiger partial charge in [-0.25, -0.2) is 0 Å². The molecule has 0 spiro atoms. The Morgan fingerprint density at radius 3 is 1.65 bits per heavy atom. The van der Waals surface area contributed by atoms with E-state index in [1.807, 2.05) is 0 Å². The van der Waals surface area contributed by atoms with Gasteiger partial charge in [-0.15, -0.1) is 0 Å². The van der Waals surface area contributed by atoms with Crippen LogP contribution in [0.1, 0.15) is 11.1 Å². The van der Waals surface area contributed by atoms with Gasteiger partial charge in [-0.1, -0.05) is 0 Å². The van der Waals surface area contributed by atoms with Gasteiger partial charge in [0.15, 0.2) is 0 Å². The van der Waals surface area contributed by atoms with Crippen LogP contribution in [0.15, 0.2) is 18.2 Å². The number of rotatable bonds is 5. The van der Waals surface area contributed by atoms with Crippen LogP contribution in [0, 0.1) is 0 Å². The summed E-state index contributed by atoms with van der Waals surface area (Å²) in [5, 5.41) is 0. The molecule has 0 aromatic heterocycles. The van der Waals surface area contributed by atoms with Crippen molar-refractivity contribution in [2.45, 2.75) is 13.1 Å². The van der Waals surface area contributed by atoms with Crippen molar-refractivity contribution in [1.29, 1.82) is 0 Å². The van der Waals surface area contributed by atoms with Gasteiger partial charge in [0.25, 0.3) is 0 Å². The van der Waals surface area contributed by atoms with Crippen molar-refractivity contribution in [3.63, 3.8) is 0 Å². The molecule has 0 saturated heterocycles. The number of nitrogens with zero attached hydrogens (tertiary/aromatic N) is 2. The van der Waals surface area contributed by atoms with Gasteiger partial charge in [-0.2, -0.15) is 0 Å². The standard InChI is InChI=1S/C12H19N2.Bi.2HI/c1-13(2)9-11-6-5-7-12(8-11)10-14(3)4;;;/h5-7H,9-10H2,1-4H3;;2*1H/q;+2;;/p-2. The Labute approximate surface area is 131 Å². The van der Waals surface area contributed by atoms with E-state index in [0.717, 1.165) is 13.1 Å². The van der Waals surface area contributed by atoms with Crippen LogP contribution < -0.4 is 3.27 Å². The predicted octanol–water partition coefficient (Wildman–Crippen LogP) is 2.38. The van der Waals surface area contributed by atoms with Crippen molar-refractivity contribution in [3.05, 3.63) is 29.3 Å². The van der Waals surface area contributed by atoms with Crippen molar-refractivity contribution in [3.8, 4) is 0 Å². The molecule has 0 fully saturated rings. The molecule has 0 amide bonds. The number of benzene rings is 1. The zero-order valence-electron chi connectivity index (χ0n) is 10.7. The molecule has 1 rings (SSSR count). The second-order valence-electron chi connectivity index (χ2n) is 4.63. The van der Waals surface area contributed by atoms with E-state index in [9.17, 15) is 0 Å². The summed E-state index contributed by atoms with van der Waals surface area (Å²) in [6.07, 6.45) is 0. The van der Waals surface area contributed by atoms with E-state index in [0.29, 0.717) is 0 Å². The molecule has 0 heterocycles. The van der Waals surface area contributed by atoms with Crippen molar-refractivity contribution in [2.24, 2.45) is 0 Å². The van der Waals surface area contributed by atoms with Gasteiger partial charge >= 0.3 is 133 Å². The summed E-state index contributed by atoms with van der Waals surface area (Å²) in [7, 11) is 8.58. The van der Waals surface area contributed by atoms with E-state index < -0.39 is 13.4 Å². The molecule has 0 unspecified atom stereocenters. The average molecular weight is 654 g/mol. The fourth-order valence-corrected chi connectivity index (χ4v) is 15.5. The molecule has 0 aliphatic rings. The molecular formula is C12H19BiI2N2. The quantitative estimate of drug-likeness (QED) is 0.356. The van der Waals surface area contributed by atoms with Gasteiger partial charge in [-0.05, 0) is 0 Å². The molecule has 5 heteroatoms. The second kappa shape index (κ2) is 7.92. The van der Waals surface area contributed by atoms with E-state index in [4.69, 9.17) is 0 Å². The molecule has 0 aliphatic heterocycles. The zero-order valence-corrected chi connectivity index (χ0v) is 18.5. The Balaban J connectivity index is 3.12. The third kappa shape index (κ3) is 5.55. The summed E-state index contributed by atoms with van der Waals surface area (Å²) in [5.74, 6) is 0. The molecule has 0 aliphatic carbocycles. The molecule has 0 radical (unpaired) electrons. The first-order valence-electron chi connectivity index (χ1n) is 5.43. The van der Waals surface area contributed by atoms with Crippen molar-refractivity contribution < 1.29 is 0 Å². The molecule has 0 saturated carbocycles. The van der Waals surface area contributed by atoms with Crippen LogP contribution in [0.5, 0.6) is 0 Å². The molecule has 1 aromatic rings. The normalized spacial score (nSPS) is 11.8. The molecule has 2 nitrogen and oxygen atoms in total. The monoisotopic (exact) mass is 654 g/mol. The maximum absolute atomic E-state index is 2.71. The van der Waals surface area contributed by atoms with Gasteiger partial charge in [-0.3, -0.25) is 0 Å². The van der Waals surface area contributed by atoms with Crippen LogP contribution in [-0.2, 0) is 13.1 Å². The van der Waals surface area contributed by atoms with Crippen LogP contribution in [0.2, 0.25) is 0 Å². The summed E-state index contributed by atoms with van der Waals surface area (Å²) in [5.41, 5.74) is 3.08. The van der Waals surface area contributed by atoms with E-state index in [2.05, 4.69) is 92.3 Å². The van der Waals surface area contributed by atoms with Crippen molar-refractivity contribution >= 4 is 52.7 Å². The van der Waals surface area contributed by atoms with Gasteiger partial charge < -0.3 is 0 Å². The molecule has 0 atom stereocenters. The summed E-state index contributed by atoms with van der Waals surface area (Å²) in [6.45, 7) is 2.13. The first-order chi connectivity index (χ1) is 7.91. The second-order valence-corrected chi connectivity index (χ2v) is 41.3. The van der Waals surface area contributed by atoms with E-state index >= 15 is 0 Å². The van der Waals surface area contributed by atoms with Crippen LogP contribution in [-0.4, -0.2) is 51.4 Å². The first kappa shape index (κ1) is 16.5. The molecule has 96 valence electrons. The fraction of sp³-hybridized carbons (Fsp3) is 0.500. The van der Waals surface area contributed by atoms with Crippen molar-refractivity contribution in [1.82, 2.24) is 9.80 Å². The van der Waals surface area contributed by atoms with E-state index in [-0.39, 0.29) is 0 Å². The Bertz CT molecular complexity index is 339. The molecular weight excluding hydrogens is 635 g/mol. The molecule has 0 N–H and O–H groups in total. The Hall–Kier alpha value is 1.48. The van der Waals surface area contributed by atoms with E-state index in [1.54, 1.807) is 3.27 Å². The van der Waals surface area contributed by atoms with Crippen LogP contribution in [0.25, 0.3) is 0 Å². The van der Waals surface area contributed by atoms with Gasteiger partial charge in [0.2, 0.25) is 0 Å². The van der Waals surface area contributed by atoms with E-state index in [1.165, 1.54) is 11.1 Å². The minimum absolute atomic E-state index is 1.06. The molecule has 1 aromatic carbocycles. The predicted molar refractivity (Wildman–Crippen MR) is 94.7 cm³/mol. The van der Waals surface area contributed by atoms with Crippen molar-refractivity contribution in [2.75, 3.05) is 28.2 Å². The SMILES string of the molecule is CN(C)Cc1cccc(CN(C)C)[c]1[Bi]([I])[I]. The number of hydrogen-bond donors (Lipinski definition) is 0. The van der Waals surface area contributed by atoms with Crippen LogP contribution >= 0.6 is 36.1 Å². The Kier molecular flexibility index (Phi) is 7.71. The number of halogens is 2. The summed E-state index contributed by atoms with van der Waals surface area (Å²) < 4.78 is 1.70. The van der Waals surface area contributed by atoms with Gasteiger partial charge in [0.1, 0.15) is 0 Å². The third-order valence-corrected chi connectivity index (χ3v) is 14.4. The fourth-order valence-electron chi connectivity index (χ4n) is 1.80. The van der Waals surface area contributed by atoms with Gasteiger partial charge in [0, 0.05) is 0 Å².